The molecular weight excluding hydrogens is 196 g/mol. The van der Waals surface area contributed by atoms with E-state index in [4.69, 9.17) is 5.26 Å². The lowest BCUT2D eigenvalue weighted by Gasteiger charge is -2.24. The molecule has 0 spiro atoms. The summed E-state index contributed by atoms with van der Waals surface area (Å²) in [5.41, 5.74) is 3.02. The second-order valence-corrected chi connectivity index (χ2v) is 4.30. The summed E-state index contributed by atoms with van der Waals surface area (Å²) in [6.07, 6.45) is 4.36. The Morgan fingerprint density at radius 3 is 2.88 bits per heavy atom. The Labute approximate surface area is 96.8 Å². The fraction of sp³-hybridized carbons (Fsp3) is 0.357. The third kappa shape index (κ3) is 2.09. The Bertz CT molecular complexity index is 439. The van der Waals surface area contributed by atoms with E-state index in [0.717, 1.165) is 17.8 Å². The molecular formula is C14H16N2. The number of rotatable bonds is 4. The number of nitriles is 1. The molecule has 2 nitrogen and oxygen atoms in total. The first-order valence-electron chi connectivity index (χ1n) is 5.64. The molecule has 82 valence electrons. The lowest BCUT2D eigenvalue weighted by atomic mass is 10.1. The van der Waals surface area contributed by atoms with Crippen LogP contribution in [-0.4, -0.2) is 12.6 Å². The van der Waals surface area contributed by atoms with E-state index in [1.54, 1.807) is 0 Å². The summed E-state index contributed by atoms with van der Waals surface area (Å²) in [7, 11) is 0. The molecule has 2 heteroatoms. The van der Waals surface area contributed by atoms with E-state index < -0.39 is 0 Å². The molecule has 0 heterocycles. The van der Waals surface area contributed by atoms with Crippen LogP contribution in [-0.2, 0) is 0 Å². The highest BCUT2D eigenvalue weighted by Crippen LogP contribution is 2.33. The van der Waals surface area contributed by atoms with Gasteiger partial charge in [-0.2, -0.15) is 5.26 Å². The highest BCUT2D eigenvalue weighted by Gasteiger charge is 2.29. The Hall–Kier alpha value is -1.75. The Morgan fingerprint density at radius 2 is 2.31 bits per heavy atom. The van der Waals surface area contributed by atoms with Gasteiger partial charge in [-0.3, -0.25) is 0 Å². The number of hydrogen-bond acceptors (Lipinski definition) is 2. The fourth-order valence-electron chi connectivity index (χ4n) is 1.94. The normalized spacial score (nSPS) is 14.2. The van der Waals surface area contributed by atoms with E-state index in [-0.39, 0.29) is 0 Å². The number of hydrogen-bond donors (Lipinski definition) is 0. The Balaban J connectivity index is 2.38. The Kier molecular flexibility index (Phi) is 2.96. The van der Waals surface area contributed by atoms with Gasteiger partial charge in [0, 0.05) is 12.6 Å². The number of nitrogens with zero attached hydrogens (tertiary/aromatic N) is 2. The van der Waals surface area contributed by atoms with Crippen LogP contribution in [0.2, 0.25) is 0 Å². The smallest absolute Gasteiger partial charge is 0.101 e. The van der Waals surface area contributed by atoms with Crippen LogP contribution in [0.1, 0.15) is 24.0 Å². The first kappa shape index (κ1) is 10.8. The summed E-state index contributed by atoms with van der Waals surface area (Å²) >= 11 is 0. The molecule has 0 radical (unpaired) electrons. The van der Waals surface area contributed by atoms with Crippen LogP contribution in [0.4, 0.5) is 5.69 Å². The highest BCUT2D eigenvalue weighted by atomic mass is 15.2. The Morgan fingerprint density at radius 1 is 1.56 bits per heavy atom. The zero-order chi connectivity index (χ0) is 11.5. The molecule has 1 saturated carbocycles. The van der Waals surface area contributed by atoms with E-state index in [0.29, 0.717) is 6.04 Å². The second-order valence-electron chi connectivity index (χ2n) is 4.30. The molecule has 0 N–H and O–H groups in total. The van der Waals surface area contributed by atoms with Crippen LogP contribution in [0, 0.1) is 18.3 Å². The van der Waals surface area contributed by atoms with Crippen molar-refractivity contribution in [2.75, 3.05) is 11.4 Å². The summed E-state index contributed by atoms with van der Waals surface area (Å²) < 4.78 is 0. The zero-order valence-electron chi connectivity index (χ0n) is 9.61. The van der Waals surface area contributed by atoms with Crippen LogP contribution in [0.5, 0.6) is 0 Å². The van der Waals surface area contributed by atoms with Gasteiger partial charge in [-0.25, -0.2) is 0 Å². The third-order valence-electron chi connectivity index (χ3n) is 2.90. The van der Waals surface area contributed by atoms with Crippen molar-refractivity contribution >= 4 is 5.69 Å². The molecule has 1 aliphatic rings. The maximum atomic E-state index is 9.13. The predicted octanol–water partition coefficient (Wildman–Crippen LogP) is 3.02. The highest BCUT2D eigenvalue weighted by molar-refractivity contribution is 5.62. The maximum absolute atomic E-state index is 9.13. The molecule has 2 rings (SSSR count). The van der Waals surface area contributed by atoms with Crippen molar-refractivity contribution in [1.29, 1.82) is 5.26 Å². The van der Waals surface area contributed by atoms with Crippen LogP contribution in [0.15, 0.2) is 30.9 Å². The molecule has 1 aromatic rings. The average Bonchev–Trinajstić information content (AvgIpc) is 3.10. The summed E-state index contributed by atoms with van der Waals surface area (Å²) in [4.78, 5) is 2.29. The van der Waals surface area contributed by atoms with Gasteiger partial charge < -0.3 is 4.90 Å². The molecule has 0 unspecified atom stereocenters. The minimum absolute atomic E-state index is 0.604. The van der Waals surface area contributed by atoms with E-state index in [1.165, 1.54) is 18.4 Å². The van der Waals surface area contributed by atoms with Crippen molar-refractivity contribution in [2.45, 2.75) is 25.8 Å². The summed E-state index contributed by atoms with van der Waals surface area (Å²) in [6, 6.07) is 8.86. The minimum Gasteiger partial charge on any atom is -0.364 e. The molecule has 16 heavy (non-hydrogen) atoms. The monoisotopic (exact) mass is 212 g/mol. The van der Waals surface area contributed by atoms with Gasteiger partial charge >= 0.3 is 0 Å². The quantitative estimate of drug-likeness (QED) is 0.717. The summed E-state index contributed by atoms with van der Waals surface area (Å²) in [5.74, 6) is 0. The van der Waals surface area contributed by atoms with Gasteiger partial charge in [0.1, 0.15) is 6.07 Å². The van der Waals surface area contributed by atoms with Crippen molar-refractivity contribution < 1.29 is 0 Å². The van der Waals surface area contributed by atoms with Crippen LogP contribution in [0.25, 0.3) is 0 Å². The standard InChI is InChI=1S/C14H16N2/c1-3-8-16(13-6-7-13)14-9-11(2)4-5-12(14)10-15/h3-5,9,13H,1,6-8H2,2H3. The van der Waals surface area contributed by atoms with Crippen molar-refractivity contribution in [1.82, 2.24) is 0 Å². The molecule has 0 atom stereocenters. The molecule has 0 saturated heterocycles. The zero-order valence-corrected chi connectivity index (χ0v) is 9.61. The summed E-state index contributed by atoms with van der Waals surface area (Å²) in [6.45, 7) is 6.67. The predicted molar refractivity (Wildman–Crippen MR) is 66.5 cm³/mol. The topological polar surface area (TPSA) is 27.0 Å². The van der Waals surface area contributed by atoms with Gasteiger partial charge in [0.2, 0.25) is 0 Å². The van der Waals surface area contributed by atoms with Crippen LogP contribution in [0.3, 0.4) is 0 Å². The number of anilines is 1. The van der Waals surface area contributed by atoms with Gasteiger partial charge in [-0.05, 0) is 37.5 Å². The summed E-state index contributed by atoms with van der Waals surface area (Å²) in [5, 5.41) is 9.13. The lowest BCUT2D eigenvalue weighted by molar-refractivity contribution is 0.859. The van der Waals surface area contributed by atoms with Crippen molar-refractivity contribution in [2.24, 2.45) is 0 Å². The average molecular weight is 212 g/mol. The van der Waals surface area contributed by atoms with E-state index in [2.05, 4.69) is 30.5 Å². The first-order valence-corrected chi connectivity index (χ1v) is 5.64. The van der Waals surface area contributed by atoms with Gasteiger partial charge in [0.25, 0.3) is 0 Å². The molecule has 1 aliphatic carbocycles. The van der Waals surface area contributed by atoms with E-state index in [9.17, 15) is 0 Å². The largest absolute Gasteiger partial charge is 0.364 e. The van der Waals surface area contributed by atoms with Gasteiger partial charge in [-0.1, -0.05) is 12.1 Å². The van der Waals surface area contributed by atoms with Crippen LogP contribution >= 0.6 is 0 Å². The van der Waals surface area contributed by atoms with E-state index >= 15 is 0 Å². The van der Waals surface area contributed by atoms with Gasteiger partial charge in [-0.15, -0.1) is 6.58 Å². The van der Waals surface area contributed by atoms with Crippen molar-refractivity contribution in [3.63, 3.8) is 0 Å². The fourth-order valence-corrected chi connectivity index (χ4v) is 1.94. The number of benzene rings is 1. The molecule has 0 amide bonds. The van der Waals surface area contributed by atoms with Gasteiger partial charge in [0.15, 0.2) is 0 Å². The molecule has 0 aliphatic heterocycles. The van der Waals surface area contributed by atoms with Crippen molar-refractivity contribution in [3.8, 4) is 6.07 Å². The first-order chi connectivity index (χ1) is 7.76. The lowest BCUT2D eigenvalue weighted by Crippen LogP contribution is -2.26. The number of aryl methyl sites for hydroxylation is 1. The SMILES string of the molecule is C=CCN(c1cc(C)ccc1C#N)C1CC1. The molecule has 1 aromatic carbocycles. The van der Waals surface area contributed by atoms with E-state index in [1.807, 2.05) is 18.2 Å². The molecule has 1 fully saturated rings. The third-order valence-corrected chi connectivity index (χ3v) is 2.90. The maximum Gasteiger partial charge on any atom is 0.101 e. The van der Waals surface area contributed by atoms with Gasteiger partial charge in [0.05, 0.1) is 11.3 Å². The minimum atomic E-state index is 0.604. The van der Waals surface area contributed by atoms with Crippen LogP contribution < -0.4 is 4.90 Å². The molecule has 0 aromatic heterocycles. The second kappa shape index (κ2) is 4.40. The van der Waals surface area contributed by atoms with Crippen molar-refractivity contribution in [3.05, 3.63) is 42.0 Å². The molecule has 0 bridgehead atoms.